The molecule has 0 heterocycles. The standard InChI is InChI=1S/C14H20N2O3S/c1-10-5-4-6-11(9-10)15-14(18)16-12(7-8-20-3)13(17)19-2/h4-6,9,12H,7-8H2,1-3H3,(H2,15,16,18)/t12-/m0/s1. The van der Waals surface area contributed by atoms with Crippen LogP contribution in [0.5, 0.6) is 0 Å². The van der Waals surface area contributed by atoms with Crippen molar-refractivity contribution in [3.05, 3.63) is 29.8 Å². The molecule has 1 aromatic carbocycles. The minimum Gasteiger partial charge on any atom is -0.467 e. The number of rotatable bonds is 6. The fourth-order valence-corrected chi connectivity index (χ4v) is 2.15. The molecule has 0 aromatic heterocycles. The number of anilines is 1. The summed E-state index contributed by atoms with van der Waals surface area (Å²) in [6.45, 7) is 1.94. The van der Waals surface area contributed by atoms with Crippen LogP contribution in [0.3, 0.4) is 0 Å². The lowest BCUT2D eigenvalue weighted by Gasteiger charge is -2.16. The van der Waals surface area contributed by atoms with Gasteiger partial charge in [-0.1, -0.05) is 12.1 Å². The average molecular weight is 296 g/mol. The second-order valence-corrected chi connectivity index (χ2v) is 5.31. The zero-order valence-electron chi connectivity index (χ0n) is 11.9. The lowest BCUT2D eigenvalue weighted by molar-refractivity contribution is -0.142. The summed E-state index contributed by atoms with van der Waals surface area (Å²) < 4.78 is 4.69. The molecule has 0 unspecified atom stereocenters. The van der Waals surface area contributed by atoms with Gasteiger partial charge in [0.2, 0.25) is 0 Å². The van der Waals surface area contributed by atoms with Crippen LogP contribution in [0, 0.1) is 6.92 Å². The number of methoxy groups -OCH3 is 1. The molecule has 6 heteroatoms. The highest BCUT2D eigenvalue weighted by atomic mass is 32.2. The third kappa shape index (κ3) is 5.52. The topological polar surface area (TPSA) is 67.4 Å². The van der Waals surface area contributed by atoms with Crippen LogP contribution in [0.2, 0.25) is 0 Å². The van der Waals surface area contributed by atoms with Crippen molar-refractivity contribution in [2.45, 2.75) is 19.4 Å². The first-order chi connectivity index (χ1) is 9.56. The Morgan fingerprint density at radius 1 is 1.40 bits per heavy atom. The van der Waals surface area contributed by atoms with E-state index in [4.69, 9.17) is 0 Å². The Morgan fingerprint density at radius 3 is 2.75 bits per heavy atom. The molecule has 0 aliphatic rings. The van der Waals surface area contributed by atoms with E-state index in [1.54, 1.807) is 17.8 Å². The normalized spacial score (nSPS) is 11.6. The highest BCUT2D eigenvalue weighted by Crippen LogP contribution is 2.09. The minimum atomic E-state index is -0.628. The molecule has 2 N–H and O–H groups in total. The molecule has 2 amide bonds. The zero-order valence-corrected chi connectivity index (χ0v) is 12.8. The molecule has 110 valence electrons. The van der Waals surface area contributed by atoms with E-state index < -0.39 is 18.0 Å². The third-order valence-corrected chi connectivity index (χ3v) is 3.32. The number of carbonyl (C=O) groups is 2. The van der Waals surface area contributed by atoms with Crippen molar-refractivity contribution >= 4 is 29.4 Å². The van der Waals surface area contributed by atoms with Gasteiger partial charge in [-0.3, -0.25) is 0 Å². The van der Waals surface area contributed by atoms with Crippen LogP contribution in [0.4, 0.5) is 10.5 Å². The Labute approximate surface area is 123 Å². The number of carbonyl (C=O) groups excluding carboxylic acids is 2. The van der Waals surface area contributed by atoms with Crippen molar-refractivity contribution in [1.82, 2.24) is 5.32 Å². The van der Waals surface area contributed by atoms with Crippen molar-refractivity contribution in [2.24, 2.45) is 0 Å². The van der Waals surface area contributed by atoms with Crippen LogP contribution in [0.25, 0.3) is 0 Å². The average Bonchev–Trinajstić information content (AvgIpc) is 2.42. The van der Waals surface area contributed by atoms with Crippen LogP contribution in [0.15, 0.2) is 24.3 Å². The molecule has 0 spiro atoms. The first kappa shape index (κ1) is 16.4. The Bertz CT molecular complexity index is 465. The SMILES string of the molecule is COC(=O)[C@H](CCSC)NC(=O)Nc1cccc(C)c1. The summed E-state index contributed by atoms with van der Waals surface area (Å²) in [4.78, 5) is 23.5. The minimum absolute atomic E-state index is 0.410. The molecule has 20 heavy (non-hydrogen) atoms. The number of benzene rings is 1. The van der Waals surface area contributed by atoms with Gasteiger partial charge in [-0.15, -0.1) is 0 Å². The summed E-state index contributed by atoms with van der Waals surface area (Å²) in [5, 5.41) is 5.34. The molecular weight excluding hydrogens is 276 g/mol. The van der Waals surface area contributed by atoms with Crippen molar-refractivity contribution in [1.29, 1.82) is 0 Å². The quantitative estimate of drug-likeness (QED) is 0.791. The fraction of sp³-hybridized carbons (Fsp3) is 0.429. The zero-order chi connectivity index (χ0) is 15.0. The van der Waals surface area contributed by atoms with Gasteiger partial charge in [-0.25, -0.2) is 9.59 Å². The third-order valence-electron chi connectivity index (χ3n) is 2.68. The predicted octanol–water partition coefficient (Wildman–Crippen LogP) is 2.41. The number of ether oxygens (including phenoxy) is 1. The van der Waals surface area contributed by atoms with Crippen LogP contribution >= 0.6 is 11.8 Å². The van der Waals surface area contributed by atoms with Gasteiger partial charge < -0.3 is 15.4 Å². The smallest absolute Gasteiger partial charge is 0.328 e. The molecule has 0 radical (unpaired) electrons. The van der Waals surface area contributed by atoms with E-state index in [1.807, 2.05) is 31.4 Å². The molecule has 1 aromatic rings. The largest absolute Gasteiger partial charge is 0.467 e. The maximum atomic E-state index is 11.9. The molecule has 0 aliphatic carbocycles. The number of hydrogen-bond donors (Lipinski definition) is 2. The van der Waals surface area contributed by atoms with Crippen LogP contribution in [-0.4, -0.2) is 37.2 Å². The second-order valence-electron chi connectivity index (χ2n) is 4.33. The van der Waals surface area contributed by atoms with Crippen molar-refractivity contribution in [2.75, 3.05) is 24.4 Å². The van der Waals surface area contributed by atoms with Gasteiger partial charge in [0.05, 0.1) is 7.11 Å². The van der Waals surface area contributed by atoms with Gasteiger partial charge in [0.15, 0.2) is 0 Å². The van der Waals surface area contributed by atoms with Crippen LogP contribution in [0.1, 0.15) is 12.0 Å². The fourth-order valence-electron chi connectivity index (χ4n) is 1.68. The van der Waals surface area contributed by atoms with Gasteiger partial charge in [0.25, 0.3) is 0 Å². The summed E-state index contributed by atoms with van der Waals surface area (Å²) in [6, 6.07) is 6.41. The van der Waals surface area contributed by atoms with Crippen molar-refractivity contribution < 1.29 is 14.3 Å². The molecule has 1 atom stereocenters. The van der Waals surface area contributed by atoms with E-state index in [9.17, 15) is 9.59 Å². The molecule has 0 aliphatic heterocycles. The number of amides is 2. The number of hydrogen-bond acceptors (Lipinski definition) is 4. The maximum Gasteiger partial charge on any atom is 0.328 e. The Morgan fingerprint density at radius 2 is 2.15 bits per heavy atom. The highest BCUT2D eigenvalue weighted by molar-refractivity contribution is 7.98. The lowest BCUT2D eigenvalue weighted by Crippen LogP contribution is -2.44. The van der Waals surface area contributed by atoms with E-state index in [0.29, 0.717) is 12.1 Å². The first-order valence-electron chi connectivity index (χ1n) is 6.27. The molecule has 1 rings (SSSR count). The molecule has 0 saturated carbocycles. The lowest BCUT2D eigenvalue weighted by atomic mass is 10.2. The van der Waals surface area contributed by atoms with E-state index >= 15 is 0 Å². The van der Waals surface area contributed by atoms with E-state index in [1.165, 1.54) is 7.11 Å². The van der Waals surface area contributed by atoms with Gasteiger partial charge in [0.1, 0.15) is 6.04 Å². The highest BCUT2D eigenvalue weighted by Gasteiger charge is 2.20. The second kappa shape index (κ2) is 8.47. The van der Waals surface area contributed by atoms with Crippen molar-refractivity contribution in [3.63, 3.8) is 0 Å². The van der Waals surface area contributed by atoms with E-state index in [2.05, 4.69) is 15.4 Å². The number of thioether (sulfide) groups is 1. The number of nitrogens with one attached hydrogen (secondary N) is 2. The molecule has 0 bridgehead atoms. The Balaban J connectivity index is 2.59. The number of urea groups is 1. The van der Waals surface area contributed by atoms with E-state index in [0.717, 1.165) is 11.3 Å². The van der Waals surface area contributed by atoms with Gasteiger partial charge >= 0.3 is 12.0 Å². The van der Waals surface area contributed by atoms with Crippen LogP contribution < -0.4 is 10.6 Å². The summed E-state index contributed by atoms with van der Waals surface area (Å²) in [5.74, 6) is 0.336. The summed E-state index contributed by atoms with van der Waals surface area (Å²) >= 11 is 1.61. The molecule has 0 saturated heterocycles. The van der Waals surface area contributed by atoms with Crippen molar-refractivity contribution in [3.8, 4) is 0 Å². The van der Waals surface area contributed by atoms with Gasteiger partial charge in [-0.05, 0) is 43.0 Å². The summed E-state index contributed by atoms with van der Waals surface area (Å²) in [6.07, 6.45) is 2.48. The molecular formula is C14H20N2O3S. The van der Waals surface area contributed by atoms with Gasteiger partial charge in [0, 0.05) is 5.69 Å². The first-order valence-corrected chi connectivity index (χ1v) is 7.67. The molecule has 0 fully saturated rings. The van der Waals surface area contributed by atoms with E-state index in [-0.39, 0.29) is 0 Å². The number of aryl methyl sites for hydroxylation is 1. The summed E-state index contributed by atoms with van der Waals surface area (Å²) in [5.41, 5.74) is 1.74. The number of esters is 1. The Kier molecular flexibility index (Phi) is 6.93. The Hall–Kier alpha value is -1.69. The van der Waals surface area contributed by atoms with Crippen LogP contribution in [-0.2, 0) is 9.53 Å². The molecule has 5 nitrogen and oxygen atoms in total. The predicted molar refractivity (Wildman–Crippen MR) is 82.1 cm³/mol. The monoisotopic (exact) mass is 296 g/mol. The summed E-state index contributed by atoms with van der Waals surface area (Å²) in [7, 11) is 1.31. The van der Waals surface area contributed by atoms with Gasteiger partial charge in [-0.2, -0.15) is 11.8 Å². The maximum absolute atomic E-state index is 11.9.